The predicted octanol–water partition coefficient (Wildman–Crippen LogP) is 0.716. The molecule has 0 spiro atoms. The van der Waals surface area contributed by atoms with Crippen LogP contribution in [0.25, 0.3) is 0 Å². The van der Waals surface area contributed by atoms with Crippen LogP contribution in [0.3, 0.4) is 0 Å². The van der Waals surface area contributed by atoms with Gasteiger partial charge in [0.05, 0.1) is 6.61 Å². The van der Waals surface area contributed by atoms with Gasteiger partial charge in [0.2, 0.25) is 11.8 Å². The molecule has 1 unspecified atom stereocenters. The number of amides is 2. The zero-order chi connectivity index (χ0) is 17.2. The van der Waals surface area contributed by atoms with Crippen molar-refractivity contribution in [1.29, 1.82) is 0 Å². The van der Waals surface area contributed by atoms with Gasteiger partial charge in [0.1, 0.15) is 0 Å². The lowest BCUT2D eigenvalue weighted by Crippen LogP contribution is -2.55. The molecule has 7 nitrogen and oxygen atoms in total. The van der Waals surface area contributed by atoms with Crippen molar-refractivity contribution in [1.82, 2.24) is 5.32 Å². The van der Waals surface area contributed by atoms with Gasteiger partial charge in [0.25, 0.3) is 0 Å². The lowest BCUT2D eigenvalue weighted by molar-refractivity contribution is -0.147. The van der Waals surface area contributed by atoms with E-state index in [0.29, 0.717) is 19.4 Å². The fourth-order valence-electron chi connectivity index (χ4n) is 3.17. The molecule has 7 heteroatoms. The molecule has 0 radical (unpaired) electrons. The largest absolute Gasteiger partial charge is 0.479 e. The minimum Gasteiger partial charge on any atom is -0.479 e. The fraction of sp³-hybridized carbons (Fsp3) is 0.471. The molecule has 0 bridgehead atoms. The molecule has 2 aliphatic heterocycles. The zero-order valence-corrected chi connectivity index (χ0v) is 13.3. The maximum absolute atomic E-state index is 12.2. The number of nitrogens with one attached hydrogen (secondary N) is 1. The maximum atomic E-state index is 12.2. The summed E-state index contributed by atoms with van der Waals surface area (Å²) in [6, 6.07) is 7.63. The van der Waals surface area contributed by atoms with E-state index in [1.807, 2.05) is 24.3 Å². The van der Waals surface area contributed by atoms with Gasteiger partial charge in [-0.15, -0.1) is 0 Å². The van der Waals surface area contributed by atoms with Crippen LogP contribution in [0.15, 0.2) is 24.3 Å². The van der Waals surface area contributed by atoms with E-state index in [-0.39, 0.29) is 31.9 Å². The molecule has 0 saturated carbocycles. The van der Waals surface area contributed by atoms with Crippen LogP contribution in [-0.2, 0) is 25.5 Å². The zero-order valence-electron chi connectivity index (χ0n) is 13.3. The molecular formula is C17H20N2O5. The number of fused-ring (bicyclic) bond motifs is 1. The molecule has 3 rings (SSSR count). The Morgan fingerprint density at radius 2 is 2.08 bits per heavy atom. The normalized spacial score (nSPS) is 23.0. The van der Waals surface area contributed by atoms with E-state index in [2.05, 4.69) is 5.32 Å². The minimum atomic E-state index is -1.35. The Kier molecular flexibility index (Phi) is 4.53. The van der Waals surface area contributed by atoms with Crippen molar-refractivity contribution < 1.29 is 24.2 Å². The van der Waals surface area contributed by atoms with Gasteiger partial charge in [0, 0.05) is 38.1 Å². The Morgan fingerprint density at radius 1 is 1.29 bits per heavy atom. The number of nitrogens with zero attached hydrogens (tertiary/aromatic N) is 1. The van der Waals surface area contributed by atoms with Crippen LogP contribution in [0.5, 0.6) is 0 Å². The summed E-state index contributed by atoms with van der Waals surface area (Å²) in [5.41, 5.74) is 0.573. The number of benzene rings is 1. The Balaban J connectivity index is 1.64. The summed E-state index contributed by atoms with van der Waals surface area (Å²) in [5, 5.41) is 11.9. The number of hydrogen-bond donors (Lipinski definition) is 2. The van der Waals surface area contributed by atoms with Gasteiger partial charge in [-0.05, 0) is 18.1 Å². The van der Waals surface area contributed by atoms with Gasteiger partial charge >= 0.3 is 5.97 Å². The molecule has 24 heavy (non-hydrogen) atoms. The van der Waals surface area contributed by atoms with Crippen molar-refractivity contribution in [3.05, 3.63) is 29.8 Å². The number of carboxylic acid groups (broad SMARTS) is 1. The summed E-state index contributed by atoms with van der Waals surface area (Å²) in [4.78, 5) is 37.4. The third-order valence-electron chi connectivity index (χ3n) is 4.56. The fourth-order valence-corrected chi connectivity index (χ4v) is 3.17. The Labute approximate surface area is 139 Å². The third kappa shape index (κ3) is 3.12. The van der Waals surface area contributed by atoms with Gasteiger partial charge in [-0.1, -0.05) is 18.2 Å². The number of aryl methyl sites for hydroxylation is 1. The standard InChI is InChI=1S/C17H20N2O5/c20-14(18-17(16(22)23)8-10-24-11-17)7-9-19-13-4-2-1-3-12(13)5-6-15(19)21/h1-4H,5-11H2,(H,18,20)(H,22,23). The highest BCUT2D eigenvalue weighted by atomic mass is 16.5. The highest BCUT2D eigenvalue weighted by Crippen LogP contribution is 2.27. The first-order valence-electron chi connectivity index (χ1n) is 8.02. The number of anilines is 1. The van der Waals surface area contributed by atoms with E-state index < -0.39 is 17.4 Å². The number of para-hydroxylation sites is 1. The number of ether oxygens (including phenoxy) is 1. The van der Waals surface area contributed by atoms with Crippen LogP contribution in [0.4, 0.5) is 5.69 Å². The first-order valence-corrected chi connectivity index (χ1v) is 8.02. The summed E-state index contributed by atoms with van der Waals surface area (Å²) in [6.45, 7) is 0.516. The average molecular weight is 332 g/mol. The van der Waals surface area contributed by atoms with Crippen molar-refractivity contribution in [3.8, 4) is 0 Å². The Bertz CT molecular complexity index is 667. The molecule has 2 N–H and O–H groups in total. The quantitative estimate of drug-likeness (QED) is 0.828. The van der Waals surface area contributed by atoms with Crippen LogP contribution in [0.1, 0.15) is 24.8 Å². The SMILES string of the molecule is O=C(CCN1C(=O)CCc2ccccc21)NC1(C(=O)O)CCOC1. The first kappa shape index (κ1) is 16.4. The second-order valence-corrected chi connectivity index (χ2v) is 6.16. The van der Waals surface area contributed by atoms with E-state index in [1.54, 1.807) is 4.90 Å². The average Bonchev–Trinajstić information content (AvgIpc) is 3.04. The molecule has 2 aliphatic rings. The summed E-state index contributed by atoms with van der Waals surface area (Å²) in [5.74, 6) is -1.50. The van der Waals surface area contributed by atoms with Crippen LogP contribution >= 0.6 is 0 Å². The Hall–Kier alpha value is -2.41. The number of carbonyl (C=O) groups is 3. The van der Waals surface area contributed by atoms with Gasteiger partial charge in [0.15, 0.2) is 5.54 Å². The molecule has 2 amide bonds. The van der Waals surface area contributed by atoms with Crippen molar-refractivity contribution >= 4 is 23.5 Å². The van der Waals surface area contributed by atoms with E-state index >= 15 is 0 Å². The second-order valence-electron chi connectivity index (χ2n) is 6.16. The number of hydrogen-bond acceptors (Lipinski definition) is 4. The van der Waals surface area contributed by atoms with E-state index in [9.17, 15) is 19.5 Å². The topological polar surface area (TPSA) is 95.9 Å². The summed E-state index contributed by atoms with van der Waals surface area (Å²) in [7, 11) is 0. The van der Waals surface area contributed by atoms with Gasteiger partial charge in [-0.2, -0.15) is 0 Å². The highest BCUT2D eigenvalue weighted by molar-refractivity contribution is 5.97. The molecule has 1 atom stereocenters. The number of rotatable bonds is 5. The molecule has 1 aromatic carbocycles. The molecule has 0 aliphatic carbocycles. The van der Waals surface area contributed by atoms with Crippen molar-refractivity contribution in [2.75, 3.05) is 24.7 Å². The van der Waals surface area contributed by atoms with Crippen LogP contribution < -0.4 is 10.2 Å². The first-order chi connectivity index (χ1) is 11.5. The lowest BCUT2D eigenvalue weighted by atomic mass is 9.98. The van der Waals surface area contributed by atoms with Crippen LogP contribution in [0.2, 0.25) is 0 Å². The monoisotopic (exact) mass is 332 g/mol. The molecule has 0 aromatic heterocycles. The molecule has 1 fully saturated rings. The smallest absolute Gasteiger partial charge is 0.331 e. The van der Waals surface area contributed by atoms with Gasteiger partial charge in [-0.25, -0.2) is 4.79 Å². The second kappa shape index (κ2) is 6.60. The third-order valence-corrected chi connectivity index (χ3v) is 4.56. The van der Waals surface area contributed by atoms with Gasteiger partial charge < -0.3 is 20.1 Å². The molecule has 1 aromatic rings. The highest BCUT2D eigenvalue weighted by Gasteiger charge is 2.43. The van der Waals surface area contributed by atoms with E-state index in [0.717, 1.165) is 11.3 Å². The van der Waals surface area contributed by atoms with E-state index in [1.165, 1.54) is 0 Å². The number of aliphatic carboxylic acids is 1. The van der Waals surface area contributed by atoms with Crippen molar-refractivity contribution in [2.45, 2.75) is 31.2 Å². The number of carboxylic acids is 1. The van der Waals surface area contributed by atoms with Crippen molar-refractivity contribution in [3.63, 3.8) is 0 Å². The number of carbonyl (C=O) groups excluding carboxylic acids is 2. The molecule has 128 valence electrons. The molecule has 2 heterocycles. The van der Waals surface area contributed by atoms with Crippen LogP contribution in [0, 0.1) is 0 Å². The Morgan fingerprint density at radius 3 is 2.79 bits per heavy atom. The summed E-state index contributed by atoms with van der Waals surface area (Å²) < 4.78 is 5.12. The summed E-state index contributed by atoms with van der Waals surface area (Å²) in [6.07, 6.45) is 1.43. The minimum absolute atomic E-state index is 0.0151. The lowest BCUT2D eigenvalue weighted by Gasteiger charge is -2.30. The maximum Gasteiger partial charge on any atom is 0.331 e. The van der Waals surface area contributed by atoms with E-state index in [4.69, 9.17) is 4.74 Å². The summed E-state index contributed by atoms with van der Waals surface area (Å²) >= 11 is 0. The molecular weight excluding hydrogens is 312 g/mol. The van der Waals surface area contributed by atoms with Crippen molar-refractivity contribution in [2.24, 2.45) is 0 Å². The molecule has 1 saturated heterocycles. The van der Waals surface area contributed by atoms with Gasteiger partial charge in [-0.3, -0.25) is 9.59 Å². The predicted molar refractivity (Wildman–Crippen MR) is 85.7 cm³/mol. The van der Waals surface area contributed by atoms with Crippen LogP contribution in [-0.4, -0.2) is 48.2 Å².